The van der Waals surface area contributed by atoms with Crippen molar-refractivity contribution in [2.75, 3.05) is 7.11 Å². The molecule has 0 amide bonds. The zero-order valence-corrected chi connectivity index (χ0v) is 17.1. The topological polar surface area (TPSA) is 119 Å². The second-order valence-electron chi connectivity index (χ2n) is 7.07. The van der Waals surface area contributed by atoms with Crippen molar-refractivity contribution in [3.63, 3.8) is 0 Å². The first kappa shape index (κ1) is 19.4. The van der Waals surface area contributed by atoms with Crippen molar-refractivity contribution < 1.29 is 9.84 Å². The van der Waals surface area contributed by atoms with Gasteiger partial charge < -0.3 is 15.6 Å². The number of nitrogens with two attached hydrogens (primary N) is 1. The molecule has 8 heteroatoms. The summed E-state index contributed by atoms with van der Waals surface area (Å²) < 4.78 is 5.18. The predicted octanol–water partition coefficient (Wildman–Crippen LogP) is 3.99. The standard InChI is InChI=1S/C24H18N6O2/c1-32-21-11-15(6-9-20(21)31)18-7-8-19-24(28-18)30-22(13-27-19)29-23(25)16-10-14-4-2-3-5-17(14)26-12-16/h2-13,31H,1H3,(H2,25,28,29,30). The van der Waals surface area contributed by atoms with Gasteiger partial charge in [-0.15, -0.1) is 0 Å². The molecule has 0 atom stereocenters. The van der Waals surface area contributed by atoms with Crippen LogP contribution in [0.15, 0.2) is 78.0 Å². The van der Waals surface area contributed by atoms with Gasteiger partial charge in [0.25, 0.3) is 0 Å². The number of para-hydroxylation sites is 1. The Kier molecular flexibility index (Phi) is 4.79. The zero-order chi connectivity index (χ0) is 22.1. The van der Waals surface area contributed by atoms with E-state index >= 15 is 0 Å². The van der Waals surface area contributed by atoms with Crippen LogP contribution in [-0.4, -0.2) is 38.0 Å². The first-order valence-corrected chi connectivity index (χ1v) is 9.81. The highest BCUT2D eigenvalue weighted by molar-refractivity contribution is 6.01. The predicted molar refractivity (Wildman–Crippen MR) is 123 cm³/mol. The Morgan fingerprint density at radius 3 is 2.66 bits per heavy atom. The maximum Gasteiger partial charge on any atom is 0.180 e. The Balaban J connectivity index is 1.51. The fourth-order valence-corrected chi connectivity index (χ4v) is 3.34. The van der Waals surface area contributed by atoms with Crippen molar-refractivity contribution in [3.05, 3.63) is 78.6 Å². The minimum Gasteiger partial charge on any atom is -0.504 e. The Labute approximate surface area is 183 Å². The van der Waals surface area contributed by atoms with Gasteiger partial charge in [0.05, 0.1) is 24.5 Å². The Morgan fingerprint density at radius 2 is 1.78 bits per heavy atom. The zero-order valence-electron chi connectivity index (χ0n) is 17.1. The molecule has 0 aliphatic carbocycles. The van der Waals surface area contributed by atoms with Gasteiger partial charge >= 0.3 is 0 Å². The Bertz CT molecular complexity index is 1500. The number of aliphatic imine (C=N–C) groups is 1. The molecule has 5 rings (SSSR count). The van der Waals surface area contributed by atoms with Crippen molar-refractivity contribution in [1.29, 1.82) is 0 Å². The number of pyridine rings is 2. The van der Waals surface area contributed by atoms with E-state index < -0.39 is 0 Å². The lowest BCUT2D eigenvalue weighted by Crippen LogP contribution is -2.13. The van der Waals surface area contributed by atoms with Gasteiger partial charge in [-0.25, -0.2) is 19.9 Å². The van der Waals surface area contributed by atoms with E-state index in [9.17, 15) is 5.11 Å². The van der Waals surface area contributed by atoms with Crippen LogP contribution in [0, 0.1) is 0 Å². The number of benzene rings is 2. The first-order chi connectivity index (χ1) is 15.6. The molecular weight excluding hydrogens is 404 g/mol. The highest BCUT2D eigenvalue weighted by atomic mass is 16.5. The largest absolute Gasteiger partial charge is 0.504 e. The fraction of sp³-hybridized carbons (Fsp3) is 0.0417. The molecule has 0 saturated heterocycles. The average Bonchev–Trinajstić information content (AvgIpc) is 2.83. The summed E-state index contributed by atoms with van der Waals surface area (Å²) in [5.74, 6) is 1.06. The third-order valence-electron chi connectivity index (χ3n) is 4.99. The molecule has 0 bridgehead atoms. The number of nitrogens with zero attached hydrogens (tertiary/aromatic N) is 5. The summed E-state index contributed by atoms with van der Waals surface area (Å²) in [6.07, 6.45) is 3.23. The lowest BCUT2D eigenvalue weighted by molar-refractivity contribution is 0.373. The van der Waals surface area contributed by atoms with Crippen LogP contribution >= 0.6 is 0 Å². The molecule has 0 fully saturated rings. The molecule has 2 aromatic carbocycles. The lowest BCUT2D eigenvalue weighted by Gasteiger charge is -2.07. The molecule has 0 aliphatic heterocycles. The van der Waals surface area contributed by atoms with E-state index in [1.807, 2.05) is 42.5 Å². The van der Waals surface area contributed by atoms with E-state index in [1.165, 1.54) is 7.11 Å². The summed E-state index contributed by atoms with van der Waals surface area (Å²) in [6, 6.07) is 18.4. The monoisotopic (exact) mass is 422 g/mol. The lowest BCUT2D eigenvalue weighted by atomic mass is 10.1. The van der Waals surface area contributed by atoms with Crippen molar-refractivity contribution in [1.82, 2.24) is 19.9 Å². The molecule has 5 aromatic rings. The van der Waals surface area contributed by atoms with Gasteiger partial charge in [0.1, 0.15) is 11.4 Å². The maximum atomic E-state index is 9.83. The van der Waals surface area contributed by atoms with E-state index in [0.29, 0.717) is 34.0 Å². The van der Waals surface area contributed by atoms with Crippen LogP contribution in [-0.2, 0) is 0 Å². The molecular formula is C24H18N6O2. The number of hydrogen-bond donors (Lipinski definition) is 2. The van der Waals surface area contributed by atoms with Gasteiger partial charge in [0.15, 0.2) is 23.0 Å². The molecule has 3 N–H and O–H groups in total. The summed E-state index contributed by atoms with van der Waals surface area (Å²) in [7, 11) is 1.50. The van der Waals surface area contributed by atoms with E-state index in [0.717, 1.165) is 16.5 Å². The van der Waals surface area contributed by atoms with Crippen LogP contribution in [0.5, 0.6) is 11.5 Å². The molecule has 0 unspecified atom stereocenters. The maximum absolute atomic E-state index is 9.83. The average molecular weight is 422 g/mol. The normalized spacial score (nSPS) is 11.7. The molecule has 3 aromatic heterocycles. The van der Waals surface area contributed by atoms with Gasteiger partial charge in [0.2, 0.25) is 0 Å². The van der Waals surface area contributed by atoms with Crippen LogP contribution in [0.2, 0.25) is 0 Å². The fourth-order valence-electron chi connectivity index (χ4n) is 3.34. The third-order valence-corrected chi connectivity index (χ3v) is 4.99. The van der Waals surface area contributed by atoms with Crippen LogP contribution in [0.4, 0.5) is 5.82 Å². The van der Waals surface area contributed by atoms with Crippen molar-refractivity contribution >= 4 is 33.7 Å². The van der Waals surface area contributed by atoms with E-state index in [1.54, 1.807) is 30.6 Å². The highest BCUT2D eigenvalue weighted by Gasteiger charge is 2.09. The van der Waals surface area contributed by atoms with Crippen LogP contribution < -0.4 is 10.5 Å². The second-order valence-corrected chi connectivity index (χ2v) is 7.07. The van der Waals surface area contributed by atoms with Crippen LogP contribution in [0.3, 0.4) is 0 Å². The summed E-state index contributed by atoms with van der Waals surface area (Å²) >= 11 is 0. The van der Waals surface area contributed by atoms with Crippen LogP contribution in [0.25, 0.3) is 33.3 Å². The molecule has 0 saturated carbocycles. The molecule has 156 valence electrons. The van der Waals surface area contributed by atoms with Gasteiger partial charge in [-0.3, -0.25) is 4.98 Å². The third kappa shape index (κ3) is 3.65. The van der Waals surface area contributed by atoms with E-state index in [4.69, 9.17) is 10.5 Å². The van der Waals surface area contributed by atoms with Gasteiger partial charge in [-0.2, -0.15) is 0 Å². The minimum atomic E-state index is 0.0621. The van der Waals surface area contributed by atoms with Crippen molar-refractivity contribution in [2.45, 2.75) is 0 Å². The summed E-state index contributed by atoms with van der Waals surface area (Å²) in [4.78, 5) is 22.3. The summed E-state index contributed by atoms with van der Waals surface area (Å²) in [5.41, 5.74) is 10.3. The Hall–Kier alpha value is -4.59. The quantitative estimate of drug-likeness (QED) is 0.332. The highest BCUT2D eigenvalue weighted by Crippen LogP contribution is 2.31. The molecule has 8 nitrogen and oxygen atoms in total. The van der Waals surface area contributed by atoms with Crippen molar-refractivity contribution in [2.24, 2.45) is 10.7 Å². The number of ether oxygens (including phenoxy) is 1. The second kappa shape index (κ2) is 7.92. The van der Waals surface area contributed by atoms with Gasteiger partial charge in [-0.1, -0.05) is 18.2 Å². The minimum absolute atomic E-state index is 0.0621. The SMILES string of the molecule is COc1cc(-c2ccc3ncc(/N=C(\N)c4cnc5ccccc5c4)nc3n2)ccc1O. The number of fused-ring (bicyclic) bond motifs is 2. The van der Waals surface area contributed by atoms with Crippen molar-refractivity contribution in [3.8, 4) is 22.8 Å². The molecule has 0 spiro atoms. The number of phenols is 1. The van der Waals surface area contributed by atoms with Crippen LogP contribution in [0.1, 0.15) is 5.56 Å². The van der Waals surface area contributed by atoms with Gasteiger partial charge in [0, 0.05) is 22.7 Å². The number of aromatic hydroxyl groups is 1. The Morgan fingerprint density at radius 1 is 0.938 bits per heavy atom. The number of methoxy groups -OCH3 is 1. The number of phenolic OH excluding ortho intramolecular Hbond substituents is 1. The molecule has 0 radical (unpaired) electrons. The molecule has 0 aliphatic rings. The molecule has 3 heterocycles. The van der Waals surface area contributed by atoms with E-state index in [2.05, 4.69) is 24.9 Å². The number of aromatic nitrogens is 4. The first-order valence-electron chi connectivity index (χ1n) is 9.81. The molecule has 32 heavy (non-hydrogen) atoms. The summed E-state index contributed by atoms with van der Waals surface area (Å²) in [5, 5.41) is 10.8. The number of amidine groups is 1. The van der Waals surface area contributed by atoms with Gasteiger partial charge in [-0.05, 0) is 42.5 Å². The number of hydrogen-bond acceptors (Lipinski definition) is 7. The number of rotatable bonds is 4. The van der Waals surface area contributed by atoms with E-state index in [-0.39, 0.29) is 11.6 Å². The smallest absolute Gasteiger partial charge is 0.180 e. The summed E-state index contributed by atoms with van der Waals surface area (Å²) in [6.45, 7) is 0.